The second-order valence-corrected chi connectivity index (χ2v) is 8.31. The Hall–Kier alpha value is -2.77. The number of para-hydroxylation sites is 2. The van der Waals surface area contributed by atoms with E-state index in [-0.39, 0.29) is 18.4 Å². The highest BCUT2D eigenvalue weighted by Crippen LogP contribution is 2.39. The number of anilines is 4. The highest BCUT2D eigenvalue weighted by Gasteiger charge is 2.29. The lowest BCUT2D eigenvalue weighted by Crippen LogP contribution is -2.37. The zero-order chi connectivity index (χ0) is 22.7. The first-order chi connectivity index (χ1) is 15.5. The number of rotatable bonds is 6. The van der Waals surface area contributed by atoms with Crippen molar-refractivity contribution >= 4 is 69.4 Å². The number of fused-ring (bicyclic) bond motifs is 2. The summed E-state index contributed by atoms with van der Waals surface area (Å²) in [5, 5.41) is 10.7. The average Bonchev–Trinajstić information content (AvgIpc) is 2.89. The number of benzene rings is 3. The van der Waals surface area contributed by atoms with Crippen LogP contribution in [0.25, 0.3) is 0 Å². The minimum Gasteiger partial charge on any atom is -0.381 e. The van der Waals surface area contributed by atoms with Gasteiger partial charge in [-0.05, 0) is 42.5 Å². The zero-order valence-electron chi connectivity index (χ0n) is 16.8. The number of halogens is 3. The van der Waals surface area contributed by atoms with Crippen molar-refractivity contribution < 1.29 is 9.59 Å². The van der Waals surface area contributed by atoms with Crippen molar-refractivity contribution in [3.63, 3.8) is 0 Å². The Balaban J connectivity index is 1.48. The fraction of sp³-hybridized carbons (Fsp3) is 0.130. The number of carbonyl (C=O) groups excluding carboxylic acids is 2. The van der Waals surface area contributed by atoms with Crippen molar-refractivity contribution in [2.45, 2.75) is 0 Å². The number of carbonyl (C=O) groups is 2. The Bertz CT molecular complexity index is 1170. The van der Waals surface area contributed by atoms with E-state index in [1.807, 2.05) is 0 Å². The van der Waals surface area contributed by atoms with E-state index in [2.05, 4.69) is 16.0 Å². The van der Waals surface area contributed by atoms with Gasteiger partial charge >= 0.3 is 0 Å². The minimum atomic E-state index is -0.298. The molecule has 3 aromatic rings. The number of hydrogen-bond donors (Lipinski definition) is 3. The molecule has 0 fully saturated rings. The van der Waals surface area contributed by atoms with Gasteiger partial charge < -0.3 is 16.0 Å². The summed E-state index contributed by atoms with van der Waals surface area (Å²) >= 11 is 18.4. The molecule has 4 rings (SSSR count). The van der Waals surface area contributed by atoms with Crippen LogP contribution in [-0.2, 0) is 4.79 Å². The Morgan fingerprint density at radius 2 is 1.66 bits per heavy atom. The fourth-order valence-electron chi connectivity index (χ4n) is 3.47. The standard InChI is InChI=1S/C23H19Cl3N4O2/c24-14-8-9-20-18(12-14)29-23(32)15-4-1-2-7-19(15)30(20)21(31)13-27-10-11-28-22-16(25)5-3-6-17(22)26/h1-9,12,27-28H,10-11,13H2,(H,29,32). The molecule has 1 aliphatic rings. The average molecular weight is 490 g/mol. The molecule has 2 amide bonds. The molecule has 0 unspecified atom stereocenters. The van der Waals surface area contributed by atoms with Crippen molar-refractivity contribution in [3.05, 3.63) is 81.3 Å². The monoisotopic (exact) mass is 488 g/mol. The third kappa shape index (κ3) is 4.69. The number of hydrogen-bond acceptors (Lipinski definition) is 4. The summed E-state index contributed by atoms with van der Waals surface area (Å²) in [5.74, 6) is -0.513. The maximum absolute atomic E-state index is 13.2. The highest BCUT2D eigenvalue weighted by atomic mass is 35.5. The predicted octanol–water partition coefficient (Wildman–Crippen LogP) is 5.58. The van der Waals surface area contributed by atoms with Gasteiger partial charge in [-0.15, -0.1) is 0 Å². The van der Waals surface area contributed by atoms with Gasteiger partial charge in [0.1, 0.15) is 0 Å². The Labute approximate surface area is 200 Å². The summed E-state index contributed by atoms with van der Waals surface area (Å²) in [6.45, 7) is 1.06. The normalized spacial score (nSPS) is 12.5. The molecule has 0 radical (unpaired) electrons. The van der Waals surface area contributed by atoms with Crippen LogP contribution in [0, 0.1) is 0 Å². The van der Waals surface area contributed by atoms with Gasteiger partial charge in [-0.2, -0.15) is 0 Å². The maximum Gasteiger partial charge on any atom is 0.257 e. The van der Waals surface area contributed by atoms with E-state index in [0.29, 0.717) is 56.5 Å². The molecule has 0 spiro atoms. The summed E-state index contributed by atoms with van der Waals surface area (Å²) < 4.78 is 0. The largest absolute Gasteiger partial charge is 0.381 e. The van der Waals surface area contributed by atoms with E-state index in [4.69, 9.17) is 34.8 Å². The molecule has 0 atom stereocenters. The number of nitrogens with zero attached hydrogens (tertiary/aromatic N) is 1. The van der Waals surface area contributed by atoms with Crippen LogP contribution in [0.1, 0.15) is 10.4 Å². The number of nitrogens with one attached hydrogen (secondary N) is 3. The fourth-order valence-corrected chi connectivity index (χ4v) is 4.17. The molecular formula is C23H19Cl3N4O2. The van der Waals surface area contributed by atoms with Crippen molar-refractivity contribution in [1.29, 1.82) is 0 Å². The molecule has 1 aliphatic heterocycles. The molecule has 0 aromatic heterocycles. The second-order valence-electron chi connectivity index (χ2n) is 7.06. The SMILES string of the molecule is O=C1Nc2cc(Cl)ccc2N(C(=O)CNCCNc2c(Cl)cccc2Cl)c2ccccc21. The third-order valence-electron chi connectivity index (χ3n) is 4.93. The van der Waals surface area contributed by atoms with Crippen LogP contribution in [0.3, 0.4) is 0 Å². The predicted molar refractivity (Wildman–Crippen MR) is 131 cm³/mol. The molecule has 0 saturated heterocycles. The maximum atomic E-state index is 13.2. The van der Waals surface area contributed by atoms with Crippen LogP contribution in [-0.4, -0.2) is 31.4 Å². The molecule has 6 nitrogen and oxygen atoms in total. The van der Waals surface area contributed by atoms with Crippen molar-refractivity contribution in [2.24, 2.45) is 0 Å². The quantitative estimate of drug-likeness (QED) is 0.395. The van der Waals surface area contributed by atoms with Crippen molar-refractivity contribution in [3.8, 4) is 0 Å². The molecule has 0 bridgehead atoms. The summed E-state index contributed by atoms with van der Waals surface area (Å²) in [6.07, 6.45) is 0. The van der Waals surface area contributed by atoms with Gasteiger partial charge in [0.2, 0.25) is 5.91 Å². The smallest absolute Gasteiger partial charge is 0.257 e. The van der Waals surface area contributed by atoms with Crippen LogP contribution < -0.4 is 20.9 Å². The van der Waals surface area contributed by atoms with E-state index in [9.17, 15) is 9.59 Å². The lowest BCUT2D eigenvalue weighted by Gasteiger charge is -2.24. The summed E-state index contributed by atoms with van der Waals surface area (Å²) in [5.41, 5.74) is 2.60. The van der Waals surface area contributed by atoms with Crippen LogP contribution in [0.15, 0.2) is 60.7 Å². The molecule has 164 valence electrons. The lowest BCUT2D eigenvalue weighted by molar-refractivity contribution is -0.117. The van der Waals surface area contributed by atoms with Crippen LogP contribution in [0.2, 0.25) is 15.1 Å². The Morgan fingerprint density at radius 1 is 0.906 bits per heavy atom. The third-order valence-corrected chi connectivity index (χ3v) is 5.79. The van der Waals surface area contributed by atoms with Gasteiger partial charge in [0, 0.05) is 18.1 Å². The molecule has 1 heterocycles. The lowest BCUT2D eigenvalue weighted by atomic mass is 10.1. The second kappa shape index (κ2) is 9.79. The van der Waals surface area contributed by atoms with Crippen molar-refractivity contribution in [2.75, 3.05) is 35.2 Å². The van der Waals surface area contributed by atoms with E-state index in [1.165, 1.54) is 4.90 Å². The van der Waals surface area contributed by atoms with Crippen LogP contribution >= 0.6 is 34.8 Å². The molecule has 3 N–H and O–H groups in total. The highest BCUT2D eigenvalue weighted by molar-refractivity contribution is 6.39. The first-order valence-corrected chi connectivity index (χ1v) is 11.0. The molecule has 0 saturated carbocycles. The van der Waals surface area contributed by atoms with Gasteiger partial charge in [0.05, 0.1) is 44.9 Å². The molecule has 32 heavy (non-hydrogen) atoms. The van der Waals surface area contributed by atoms with Gasteiger partial charge in [-0.1, -0.05) is 53.0 Å². The molecule has 3 aromatic carbocycles. The Kier molecular flexibility index (Phi) is 6.86. The Morgan fingerprint density at radius 3 is 2.44 bits per heavy atom. The topological polar surface area (TPSA) is 73.5 Å². The van der Waals surface area contributed by atoms with E-state index in [1.54, 1.807) is 60.7 Å². The van der Waals surface area contributed by atoms with Gasteiger partial charge in [0.25, 0.3) is 5.91 Å². The van der Waals surface area contributed by atoms with E-state index in [0.717, 1.165) is 0 Å². The van der Waals surface area contributed by atoms with Gasteiger partial charge in [-0.25, -0.2) is 0 Å². The van der Waals surface area contributed by atoms with Gasteiger partial charge in [0.15, 0.2) is 0 Å². The van der Waals surface area contributed by atoms with Crippen LogP contribution in [0.5, 0.6) is 0 Å². The minimum absolute atomic E-state index is 0.0581. The van der Waals surface area contributed by atoms with Crippen LogP contribution in [0.4, 0.5) is 22.7 Å². The first-order valence-electron chi connectivity index (χ1n) is 9.87. The first kappa shape index (κ1) is 22.4. The summed E-state index contributed by atoms with van der Waals surface area (Å²) in [4.78, 5) is 27.5. The number of amides is 2. The molecular weight excluding hydrogens is 471 g/mol. The van der Waals surface area contributed by atoms with E-state index >= 15 is 0 Å². The van der Waals surface area contributed by atoms with Gasteiger partial charge in [-0.3, -0.25) is 14.5 Å². The molecule has 9 heteroatoms. The summed E-state index contributed by atoms with van der Waals surface area (Å²) in [6, 6.07) is 17.3. The summed E-state index contributed by atoms with van der Waals surface area (Å²) in [7, 11) is 0. The van der Waals surface area contributed by atoms with Crippen molar-refractivity contribution in [1.82, 2.24) is 5.32 Å². The van der Waals surface area contributed by atoms with E-state index < -0.39 is 0 Å². The molecule has 0 aliphatic carbocycles. The zero-order valence-corrected chi connectivity index (χ0v) is 19.1.